The second-order valence-corrected chi connectivity index (χ2v) is 7.16. The Morgan fingerprint density at radius 1 is 1.04 bits per heavy atom. The summed E-state index contributed by atoms with van der Waals surface area (Å²) < 4.78 is 46.4. The number of benzene rings is 1. The van der Waals surface area contributed by atoms with E-state index in [2.05, 4.69) is 20.9 Å². The average Bonchev–Trinajstić information content (AvgIpc) is 2.61. The number of hydrogen-bond donors (Lipinski definition) is 0. The van der Waals surface area contributed by atoms with Crippen molar-refractivity contribution in [3.05, 3.63) is 63.9 Å². The van der Waals surface area contributed by atoms with Gasteiger partial charge in [0.2, 0.25) is 0 Å². The molecule has 0 saturated heterocycles. The van der Waals surface area contributed by atoms with E-state index in [1.807, 2.05) is 12.1 Å². The smallest absolute Gasteiger partial charge is 0.372 e. The summed E-state index contributed by atoms with van der Waals surface area (Å²) in [4.78, 5) is 4.27. The standard InChI is InChI=1S/C19H19BrF3NO/c20-17-6-3-11-24-18(17)12-25-14-9-7-13(8-10-14)15-4-1-2-5-16(15)19(21,22)23/h1-6,11,13-14H,7-10,12H2. The first-order valence-corrected chi connectivity index (χ1v) is 9.11. The van der Waals surface area contributed by atoms with E-state index in [0.29, 0.717) is 25.0 Å². The molecule has 0 unspecified atom stereocenters. The number of rotatable bonds is 4. The zero-order valence-electron chi connectivity index (χ0n) is 13.6. The summed E-state index contributed by atoms with van der Waals surface area (Å²) in [6, 6.07) is 9.68. The summed E-state index contributed by atoms with van der Waals surface area (Å²) in [6.45, 7) is 0.413. The van der Waals surface area contributed by atoms with Gasteiger partial charge in [-0.05, 0) is 71.3 Å². The van der Waals surface area contributed by atoms with E-state index in [-0.39, 0.29) is 12.0 Å². The zero-order valence-corrected chi connectivity index (χ0v) is 15.2. The quantitative estimate of drug-likeness (QED) is 0.603. The maximum Gasteiger partial charge on any atom is 0.416 e. The Balaban J connectivity index is 1.59. The number of nitrogens with zero attached hydrogens (tertiary/aromatic N) is 1. The second-order valence-electron chi connectivity index (χ2n) is 6.30. The van der Waals surface area contributed by atoms with Crippen LogP contribution in [0.25, 0.3) is 0 Å². The molecule has 0 amide bonds. The lowest BCUT2D eigenvalue weighted by molar-refractivity contribution is -0.138. The summed E-state index contributed by atoms with van der Waals surface area (Å²) in [5.41, 5.74) is 0.754. The average molecular weight is 414 g/mol. The van der Waals surface area contributed by atoms with Crippen LogP contribution in [0.5, 0.6) is 0 Å². The molecular weight excluding hydrogens is 395 g/mol. The van der Waals surface area contributed by atoms with Crippen LogP contribution in [-0.2, 0) is 17.5 Å². The highest BCUT2D eigenvalue weighted by atomic mass is 79.9. The Morgan fingerprint density at radius 2 is 1.76 bits per heavy atom. The van der Waals surface area contributed by atoms with Crippen LogP contribution in [0.3, 0.4) is 0 Å². The Kier molecular flexibility index (Phi) is 5.79. The van der Waals surface area contributed by atoms with E-state index >= 15 is 0 Å². The van der Waals surface area contributed by atoms with Gasteiger partial charge < -0.3 is 4.74 Å². The van der Waals surface area contributed by atoms with Crippen LogP contribution in [-0.4, -0.2) is 11.1 Å². The van der Waals surface area contributed by atoms with E-state index in [1.165, 1.54) is 12.1 Å². The van der Waals surface area contributed by atoms with Gasteiger partial charge in [-0.15, -0.1) is 0 Å². The predicted molar refractivity (Wildman–Crippen MR) is 93.2 cm³/mol. The molecule has 3 rings (SSSR count). The van der Waals surface area contributed by atoms with Crippen LogP contribution in [0.1, 0.15) is 48.4 Å². The number of ether oxygens (including phenoxy) is 1. The van der Waals surface area contributed by atoms with Gasteiger partial charge >= 0.3 is 6.18 Å². The van der Waals surface area contributed by atoms with Gasteiger partial charge in [-0.2, -0.15) is 13.2 Å². The largest absolute Gasteiger partial charge is 0.416 e. The molecular formula is C19H19BrF3NO. The molecule has 1 fully saturated rings. The summed E-state index contributed by atoms with van der Waals surface area (Å²) in [5, 5.41) is 0. The van der Waals surface area contributed by atoms with Crippen molar-refractivity contribution in [2.75, 3.05) is 0 Å². The fourth-order valence-electron chi connectivity index (χ4n) is 3.37. The molecule has 0 spiro atoms. The Hall–Kier alpha value is -1.40. The number of aromatic nitrogens is 1. The van der Waals surface area contributed by atoms with Gasteiger partial charge in [0.05, 0.1) is 24.0 Å². The van der Waals surface area contributed by atoms with Crippen LogP contribution in [0.15, 0.2) is 47.1 Å². The molecule has 2 nitrogen and oxygen atoms in total. The van der Waals surface area contributed by atoms with Gasteiger partial charge in [0.1, 0.15) is 0 Å². The highest BCUT2D eigenvalue weighted by Gasteiger charge is 2.35. The first-order chi connectivity index (χ1) is 11.9. The van der Waals surface area contributed by atoms with Gasteiger partial charge in [0, 0.05) is 10.7 Å². The highest BCUT2D eigenvalue weighted by Crippen LogP contribution is 2.41. The van der Waals surface area contributed by atoms with E-state index in [0.717, 1.165) is 23.0 Å². The Labute approximate surface area is 153 Å². The molecule has 1 saturated carbocycles. The molecule has 0 N–H and O–H groups in total. The highest BCUT2D eigenvalue weighted by molar-refractivity contribution is 9.10. The minimum Gasteiger partial charge on any atom is -0.372 e. The molecule has 25 heavy (non-hydrogen) atoms. The molecule has 0 aliphatic heterocycles. The number of halogens is 4. The van der Waals surface area contributed by atoms with Crippen molar-refractivity contribution in [1.29, 1.82) is 0 Å². The first-order valence-electron chi connectivity index (χ1n) is 8.32. The van der Waals surface area contributed by atoms with Gasteiger partial charge in [0.25, 0.3) is 0 Å². The van der Waals surface area contributed by atoms with Crippen molar-refractivity contribution in [2.45, 2.75) is 50.5 Å². The molecule has 2 aromatic rings. The Morgan fingerprint density at radius 3 is 2.44 bits per heavy atom. The monoisotopic (exact) mass is 413 g/mol. The van der Waals surface area contributed by atoms with E-state index < -0.39 is 11.7 Å². The topological polar surface area (TPSA) is 22.1 Å². The summed E-state index contributed by atoms with van der Waals surface area (Å²) in [7, 11) is 0. The molecule has 0 bridgehead atoms. The third kappa shape index (κ3) is 4.61. The minimum atomic E-state index is -4.30. The lowest BCUT2D eigenvalue weighted by atomic mass is 9.81. The SMILES string of the molecule is FC(F)(F)c1ccccc1C1CCC(OCc2ncccc2Br)CC1. The minimum absolute atomic E-state index is 0.0562. The molecule has 1 aromatic carbocycles. The zero-order chi connectivity index (χ0) is 17.9. The van der Waals surface area contributed by atoms with Crippen molar-refractivity contribution >= 4 is 15.9 Å². The molecule has 1 aromatic heterocycles. The molecule has 6 heteroatoms. The number of hydrogen-bond acceptors (Lipinski definition) is 2. The number of alkyl halides is 3. The van der Waals surface area contributed by atoms with Crippen molar-refractivity contribution in [1.82, 2.24) is 4.98 Å². The predicted octanol–water partition coefficient (Wildman–Crippen LogP) is 6.11. The molecule has 0 atom stereocenters. The maximum absolute atomic E-state index is 13.2. The molecule has 0 radical (unpaired) electrons. The first kappa shape index (κ1) is 18.4. The maximum atomic E-state index is 13.2. The van der Waals surface area contributed by atoms with E-state index in [9.17, 15) is 13.2 Å². The lowest BCUT2D eigenvalue weighted by Gasteiger charge is -2.30. The van der Waals surface area contributed by atoms with Gasteiger partial charge in [-0.25, -0.2) is 0 Å². The molecule has 1 aliphatic carbocycles. The summed E-state index contributed by atoms with van der Waals surface area (Å²) >= 11 is 3.44. The third-order valence-corrected chi connectivity index (χ3v) is 5.39. The van der Waals surface area contributed by atoms with E-state index in [1.54, 1.807) is 18.3 Å². The van der Waals surface area contributed by atoms with Crippen LogP contribution in [0.4, 0.5) is 13.2 Å². The van der Waals surface area contributed by atoms with E-state index in [4.69, 9.17) is 4.74 Å². The van der Waals surface area contributed by atoms with Crippen LogP contribution in [0, 0.1) is 0 Å². The fourth-order valence-corrected chi connectivity index (χ4v) is 3.74. The van der Waals surface area contributed by atoms with Gasteiger partial charge in [-0.3, -0.25) is 4.98 Å². The van der Waals surface area contributed by atoms with Gasteiger partial charge in [0.15, 0.2) is 0 Å². The van der Waals surface area contributed by atoms with Crippen molar-refractivity contribution < 1.29 is 17.9 Å². The molecule has 134 valence electrons. The van der Waals surface area contributed by atoms with Crippen LogP contribution in [0.2, 0.25) is 0 Å². The number of pyridine rings is 1. The van der Waals surface area contributed by atoms with Crippen LogP contribution < -0.4 is 0 Å². The summed E-state index contributed by atoms with van der Waals surface area (Å²) in [5.74, 6) is -0.0562. The van der Waals surface area contributed by atoms with Crippen molar-refractivity contribution in [3.8, 4) is 0 Å². The lowest BCUT2D eigenvalue weighted by Crippen LogP contribution is -2.22. The molecule has 1 aliphatic rings. The van der Waals surface area contributed by atoms with Gasteiger partial charge in [-0.1, -0.05) is 18.2 Å². The normalized spacial score (nSPS) is 21.3. The van der Waals surface area contributed by atoms with Crippen LogP contribution >= 0.6 is 15.9 Å². The fraction of sp³-hybridized carbons (Fsp3) is 0.421. The van der Waals surface area contributed by atoms with Crippen molar-refractivity contribution in [2.24, 2.45) is 0 Å². The van der Waals surface area contributed by atoms with Crippen molar-refractivity contribution in [3.63, 3.8) is 0 Å². The summed E-state index contributed by atoms with van der Waals surface area (Å²) in [6.07, 6.45) is 0.442. The molecule has 1 heterocycles. The third-order valence-electron chi connectivity index (χ3n) is 4.67. The Bertz CT molecular complexity index is 712. The second kappa shape index (κ2) is 7.87.